The molecule has 0 fully saturated rings. The summed E-state index contributed by atoms with van der Waals surface area (Å²) in [6.07, 6.45) is 1.76. The average Bonchev–Trinajstić information content (AvgIpc) is 3.30. The van der Waals surface area contributed by atoms with Crippen molar-refractivity contribution in [2.75, 3.05) is 5.32 Å². The van der Waals surface area contributed by atoms with Gasteiger partial charge in [0.15, 0.2) is 0 Å². The van der Waals surface area contributed by atoms with E-state index in [0.29, 0.717) is 22.0 Å². The normalized spacial score (nSPS) is 20.5. The van der Waals surface area contributed by atoms with Gasteiger partial charge in [-0.3, -0.25) is 0 Å². The molecule has 0 spiro atoms. The Morgan fingerprint density at radius 1 is 1.20 bits per heavy atom. The fourth-order valence-corrected chi connectivity index (χ4v) is 5.52. The minimum absolute atomic E-state index is 0.0411. The van der Waals surface area contributed by atoms with E-state index in [1.807, 2.05) is 12.1 Å². The fourth-order valence-electron chi connectivity index (χ4n) is 3.57. The van der Waals surface area contributed by atoms with E-state index in [1.165, 1.54) is 11.3 Å². The van der Waals surface area contributed by atoms with Crippen molar-refractivity contribution in [2.24, 2.45) is 0 Å². The highest BCUT2D eigenvalue weighted by molar-refractivity contribution is 7.20. The van der Waals surface area contributed by atoms with Crippen molar-refractivity contribution in [2.45, 2.75) is 29.3 Å². The lowest BCUT2D eigenvalue weighted by atomic mass is 9.29. The van der Waals surface area contributed by atoms with Crippen molar-refractivity contribution >= 4 is 97.5 Å². The van der Waals surface area contributed by atoms with Crippen LogP contribution in [0.25, 0.3) is 10.2 Å². The molecule has 3 nitrogen and oxygen atoms in total. The van der Waals surface area contributed by atoms with E-state index in [1.54, 1.807) is 12.3 Å². The minimum Gasteiger partial charge on any atom is -0.467 e. The quantitative estimate of drug-likeness (QED) is 0.499. The summed E-state index contributed by atoms with van der Waals surface area (Å²) in [5.74, 6) is 0.182. The van der Waals surface area contributed by atoms with Gasteiger partial charge in [-0.2, -0.15) is 0 Å². The number of thiophene rings is 1. The smallest absolute Gasteiger partial charge is 0.131 e. The molecular formula is C18H10B6Cl2N2OS. The van der Waals surface area contributed by atoms with Gasteiger partial charge in [-0.05, 0) is 18.1 Å². The molecule has 12 radical (unpaired) electrons. The average molecular weight is 438 g/mol. The van der Waals surface area contributed by atoms with Gasteiger partial charge in [-0.1, -0.05) is 40.1 Å². The van der Waals surface area contributed by atoms with Crippen LogP contribution in [0, 0.1) is 0 Å². The topological polar surface area (TPSA) is 38.1 Å². The van der Waals surface area contributed by atoms with E-state index in [-0.39, 0.29) is 22.5 Å². The van der Waals surface area contributed by atoms with Crippen molar-refractivity contribution < 1.29 is 4.42 Å². The molecule has 0 aliphatic heterocycles. The first kappa shape index (κ1) is 22.1. The maximum Gasteiger partial charge on any atom is 0.131 e. The molecule has 0 bridgehead atoms. The van der Waals surface area contributed by atoms with Gasteiger partial charge in [-0.25, -0.2) is 4.98 Å². The monoisotopic (exact) mass is 438 g/mol. The van der Waals surface area contributed by atoms with Crippen LogP contribution < -0.4 is 5.32 Å². The Labute approximate surface area is 197 Å². The molecule has 30 heavy (non-hydrogen) atoms. The minimum atomic E-state index is -1.48. The second kappa shape index (κ2) is 7.79. The lowest BCUT2D eigenvalue weighted by Crippen LogP contribution is -2.37. The van der Waals surface area contributed by atoms with Crippen molar-refractivity contribution in [1.82, 2.24) is 4.98 Å². The predicted octanol–water partition coefficient (Wildman–Crippen LogP) is 3.75. The Kier molecular flexibility index (Phi) is 5.74. The van der Waals surface area contributed by atoms with E-state index in [9.17, 15) is 0 Å². The SMILES string of the molecule is [B]C1=C([B])C([B])([B])C(c2sc3c(NCc4ccco4)cc(Cl)nc3c2Cl)CC1([B])[B]. The second-order valence-corrected chi connectivity index (χ2v) is 9.26. The molecule has 0 aromatic carbocycles. The molecular weight excluding hydrogens is 428 g/mol. The standard InChI is InChI=1S/C18H10B6Cl2N2OS/c19-15-16(20)18(23,24)8(5-17(15,21)22)13-11(26)12-14(30-13)9(4-10(25)28-12)27-6-7-2-1-3-29-7/h1-4,8H,5-6H2,(H,27,28). The molecule has 12 heteroatoms. The molecule has 3 aromatic heterocycles. The van der Waals surface area contributed by atoms with Gasteiger partial charge in [0.1, 0.15) is 32.1 Å². The van der Waals surface area contributed by atoms with Crippen LogP contribution in [-0.2, 0) is 6.54 Å². The summed E-state index contributed by atoms with van der Waals surface area (Å²) >= 11 is 14.3. The number of nitrogens with zero attached hydrogens (tertiary/aromatic N) is 1. The van der Waals surface area contributed by atoms with Crippen molar-refractivity contribution in [3.8, 4) is 0 Å². The highest BCUT2D eigenvalue weighted by Gasteiger charge is 2.42. The first-order chi connectivity index (χ1) is 14.0. The number of nitrogens with one attached hydrogen (secondary N) is 1. The zero-order valence-corrected chi connectivity index (χ0v) is 18.1. The summed E-state index contributed by atoms with van der Waals surface area (Å²) in [5.41, 5.74) is 1.37. The molecule has 1 unspecified atom stereocenters. The highest BCUT2D eigenvalue weighted by atomic mass is 35.5. The van der Waals surface area contributed by atoms with E-state index < -0.39 is 16.3 Å². The first-order valence-corrected chi connectivity index (χ1v) is 10.6. The van der Waals surface area contributed by atoms with Gasteiger partial charge < -0.3 is 9.73 Å². The van der Waals surface area contributed by atoms with Crippen LogP contribution in [0.3, 0.4) is 0 Å². The summed E-state index contributed by atoms with van der Waals surface area (Å²) < 4.78 is 6.15. The van der Waals surface area contributed by atoms with Crippen LogP contribution in [0.2, 0.25) is 20.6 Å². The van der Waals surface area contributed by atoms with E-state index in [0.717, 1.165) is 16.1 Å². The number of furan rings is 1. The molecule has 3 heterocycles. The number of halogens is 2. The number of hydrogen-bond donors (Lipinski definition) is 1. The lowest BCUT2D eigenvalue weighted by molar-refractivity contribution is 0.518. The molecule has 0 saturated carbocycles. The number of hydrogen-bond acceptors (Lipinski definition) is 4. The molecule has 136 valence electrons. The highest BCUT2D eigenvalue weighted by Crippen LogP contribution is 2.59. The number of pyridine rings is 1. The van der Waals surface area contributed by atoms with Crippen LogP contribution in [0.15, 0.2) is 39.8 Å². The summed E-state index contributed by atoms with van der Waals surface area (Å²) in [6, 6.07) is 5.39. The number of rotatable bonds is 4. The Morgan fingerprint density at radius 2 is 1.93 bits per heavy atom. The zero-order valence-electron chi connectivity index (χ0n) is 15.8. The Hall–Kier alpha value is -1.10. The van der Waals surface area contributed by atoms with E-state index in [4.69, 9.17) is 74.7 Å². The summed E-state index contributed by atoms with van der Waals surface area (Å²) in [6.45, 7) is 0.454. The van der Waals surface area contributed by atoms with E-state index >= 15 is 0 Å². The third kappa shape index (κ3) is 3.69. The summed E-state index contributed by atoms with van der Waals surface area (Å²) in [7, 11) is 37.2. The molecule has 3 aromatic rings. The molecule has 4 rings (SSSR count). The van der Waals surface area contributed by atoms with Gasteiger partial charge >= 0.3 is 0 Å². The molecule has 1 aliphatic carbocycles. The van der Waals surface area contributed by atoms with Gasteiger partial charge in [0.05, 0.1) is 59.6 Å². The van der Waals surface area contributed by atoms with Crippen molar-refractivity contribution in [1.29, 1.82) is 0 Å². The molecule has 1 N–H and O–H groups in total. The predicted molar refractivity (Wildman–Crippen MR) is 130 cm³/mol. The van der Waals surface area contributed by atoms with E-state index in [2.05, 4.69) is 10.3 Å². The first-order valence-electron chi connectivity index (χ1n) is 8.98. The van der Waals surface area contributed by atoms with Gasteiger partial charge in [0.2, 0.25) is 0 Å². The second-order valence-electron chi connectivity index (χ2n) is 7.44. The molecule has 0 saturated heterocycles. The largest absolute Gasteiger partial charge is 0.467 e. The van der Waals surface area contributed by atoms with Gasteiger partial charge in [0, 0.05) is 10.9 Å². The molecule has 1 aliphatic rings. The maximum absolute atomic E-state index is 6.70. The Balaban J connectivity index is 1.81. The zero-order chi connectivity index (χ0) is 21.8. The number of allylic oxidation sites excluding steroid dienone is 2. The number of fused-ring (bicyclic) bond motifs is 1. The fraction of sp³-hybridized carbons (Fsp3) is 0.278. The van der Waals surface area contributed by atoms with Crippen molar-refractivity contribution in [3.63, 3.8) is 0 Å². The van der Waals surface area contributed by atoms with Crippen molar-refractivity contribution in [3.05, 3.63) is 56.2 Å². The summed E-state index contributed by atoms with van der Waals surface area (Å²) in [4.78, 5) is 5.04. The van der Waals surface area contributed by atoms with Gasteiger partial charge in [-0.15, -0.1) is 22.3 Å². The third-order valence-electron chi connectivity index (χ3n) is 5.30. The maximum atomic E-state index is 6.70. The van der Waals surface area contributed by atoms with Crippen LogP contribution >= 0.6 is 34.5 Å². The summed E-state index contributed by atoms with van der Waals surface area (Å²) in [5, 5.41) is 1.09. The Morgan fingerprint density at radius 3 is 2.60 bits per heavy atom. The third-order valence-corrected chi connectivity index (χ3v) is 7.32. The van der Waals surface area contributed by atoms with Crippen LogP contribution in [0.4, 0.5) is 5.69 Å². The Bertz CT molecular complexity index is 1150. The lowest BCUT2D eigenvalue weighted by Gasteiger charge is -2.50. The number of aromatic nitrogens is 1. The van der Waals surface area contributed by atoms with Crippen LogP contribution in [0.1, 0.15) is 23.0 Å². The molecule has 1 atom stereocenters. The number of anilines is 1. The van der Waals surface area contributed by atoms with Crippen LogP contribution in [-0.4, -0.2) is 52.1 Å². The molecule has 0 amide bonds. The van der Waals surface area contributed by atoms with Gasteiger partial charge in [0.25, 0.3) is 0 Å². The van der Waals surface area contributed by atoms with Crippen LogP contribution in [0.5, 0.6) is 0 Å².